The van der Waals surface area contributed by atoms with Crippen LogP contribution in [0.2, 0.25) is 0 Å². The van der Waals surface area contributed by atoms with Gasteiger partial charge in [-0.1, -0.05) is 0 Å². The van der Waals surface area contributed by atoms with Crippen molar-refractivity contribution in [1.29, 1.82) is 0 Å². The summed E-state index contributed by atoms with van der Waals surface area (Å²) >= 11 is 2.03. The van der Waals surface area contributed by atoms with E-state index < -0.39 is 0 Å². The van der Waals surface area contributed by atoms with Crippen molar-refractivity contribution < 1.29 is 4.74 Å². The van der Waals surface area contributed by atoms with E-state index in [9.17, 15) is 0 Å². The molecule has 0 bridgehead atoms. The Kier molecular flexibility index (Phi) is 2.00. The number of thioether (sulfide) groups is 1. The van der Waals surface area contributed by atoms with Crippen molar-refractivity contribution in [2.75, 3.05) is 12.4 Å². The third-order valence-corrected chi connectivity index (χ3v) is 4.47. The molecule has 1 spiro atoms. The largest absolute Gasteiger partial charge is 0.373 e. The van der Waals surface area contributed by atoms with Crippen LogP contribution in [0, 0.1) is 0 Å². The van der Waals surface area contributed by atoms with Crippen molar-refractivity contribution in [3.63, 3.8) is 0 Å². The predicted molar refractivity (Wildman–Crippen MR) is 57.1 cm³/mol. The van der Waals surface area contributed by atoms with Gasteiger partial charge < -0.3 is 4.74 Å². The number of hydrogen-bond acceptors (Lipinski definition) is 3. The highest BCUT2D eigenvalue weighted by Crippen LogP contribution is 2.46. The van der Waals surface area contributed by atoms with E-state index >= 15 is 0 Å². The van der Waals surface area contributed by atoms with Gasteiger partial charge in [0.1, 0.15) is 0 Å². The molecule has 2 aliphatic rings. The Hall–Kier alpha value is 0.270. The van der Waals surface area contributed by atoms with Gasteiger partial charge in [-0.15, -0.1) is 11.8 Å². The number of ether oxygens (including phenoxy) is 1. The minimum absolute atomic E-state index is 0.0560. The van der Waals surface area contributed by atoms with Crippen LogP contribution < -0.4 is 5.32 Å². The van der Waals surface area contributed by atoms with Gasteiger partial charge in [0.05, 0.1) is 17.1 Å². The summed E-state index contributed by atoms with van der Waals surface area (Å²) < 4.78 is 5.79. The van der Waals surface area contributed by atoms with Gasteiger partial charge in [0.2, 0.25) is 0 Å². The first kappa shape index (κ1) is 9.81. The quantitative estimate of drug-likeness (QED) is 0.647. The molecule has 2 nitrogen and oxygen atoms in total. The summed E-state index contributed by atoms with van der Waals surface area (Å²) in [5, 5.41) is 3.70. The summed E-state index contributed by atoms with van der Waals surface area (Å²) in [5.41, 5.74) is 0.328. The molecule has 0 aromatic rings. The first-order valence-electron chi connectivity index (χ1n) is 4.90. The summed E-state index contributed by atoms with van der Waals surface area (Å²) in [6.45, 7) is 9.73. The normalized spacial score (nSPS) is 41.5. The predicted octanol–water partition coefficient (Wildman–Crippen LogP) is 2.00. The molecule has 1 atom stereocenters. The van der Waals surface area contributed by atoms with Gasteiger partial charge in [-0.05, 0) is 27.7 Å². The Balaban J connectivity index is 2.10. The molecule has 76 valence electrons. The van der Waals surface area contributed by atoms with Gasteiger partial charge in [0.25, 0.3) is 0 Å². The van der Waals surface area contributed by atoms with Crippen molar-refractivity contribution in [2.45, 2.75) is 50.1 Å². The van der Waals surface area contributed by atoms with Crippen molar-refractivity contribution in [1.82, 2.24) is 5.32 Å². The zero-order valence-electron chi connectivity index (χ0n) is 8.94. The van der Waals surface area contributed by atoms with Crippen LogP contribution in [-0.4, -0.2) is 28.4 Å². The minimum Gasteiger partial charge on any atom is -0.373 e. The maximum Gasteiger partial charge on any atom is 0.0914 e. The summed E-state index contributed by atoms with van der Waals surface area (Å²) in [6, 6.07) is 0. The van der Waals surface area contributed by atoms with Crippen molar-refractivity contribution in [3.05, 3.63) is 0 Å². The second kappa shape index (κ2) is 2.65. The molecule has 2 fully saturated rings. The summed E-state index contributed by atoms with van der Waals surface area (Å²) in [6.07, 6.45) is 1.12. The third kappa shape index (κ3) is 1.88. The van der Waals surface area contributed by atoms with Crippen LogP contribution in [0.4, 0.5) is 0 Å². The fraction of sp³-hybridized carbons (Fsp3) is 1.00. The smallest absolute Gasteiger partial charge is 0.0914 e. The molecule has 2 heterocycles. The molecule has 2 saturated heterocycles. The monoisotopic (exact) mass is 201 g/mol. The van der Waals surface area contributed by atoms with Crippen LogP contribution in [0.1, 0.15) is 34.1 Å². The highest BCUT2D eigenvalue weighted by molar-refractivity contribution is 8.01. The van der Waals surface area contributed by atoms with E-state index in [1.165, 1.54) is 5.75 Å². The van der Waals surface area contributed by atoms with Crippen molar-refractivity contribution >= 4 is 11.8 Å². The van der Waals surface area contributed by atoms with Crippen LogP contribution in [-0.2, 0) is 4.74 Å². The molecular formula is C10H19NOS. The van der Waals surface area contributed by atoms with E-state index in [0.717, 1.165) is 13.0 Å². The molecule has 2 aliphatic heterocycles. The molecule has 0 aliphatic carbocycles. The molecule has 0 aromatic carbocycles. The van der Waals surface area contributed by atoms with Gasteiger partial charge in [-0.3, -0.25) is 5.32 Å². The Morgan fingerprint density at radius 2 is 1.92 bits per heavy atom. The van der Waals surface area contributed by atoms with Crippen LogP contribution >= 0.6 is 11.8 Å². The van der Waals surface area contributed by atoms with E-state index in [1.54, 1.807) is 0 Å². The standard InChI is InChI=1S/C10H19NOS/c1-8(2)7-13-10(11-8)5-9(3,4)12-6-10/h11H,5-7H2,1-4H3. The number of hydrogen-bond donors (Lipinski definition) is 1. The number of rotatable bonds is 0. The molecule has 0 radical (unpaired) electrons. The first-order valence-corrected chi connectivity index (χ1v) is 5.89. The minimum atomic E-state index is 0.0560. The van der Waals surface area contributed by atoms with Crippen molar-refractivity contribution in [3.8, 4) is 0 Å². The third-order valence-electron chi connectivity index (χ3n) is 2.68. The van der Waals surface area contributed by atoms with Crippen LogP contribution in [0.3, 0.4) is 0 Å². The molecule has 1 unspecified atom stereocenters. The average Bonchev–Trinajstić information content (AvgIpc) is 2.37. The number of nitrogens with one attached hydrogen (secondary N) is 1. The maximum atomic E-state index is 5.79. The van der Waals surface area contributed by atoms with E-state index in [1.807, 2.05) is 11.8 Å². The topological polar surface area (TPSA) is 21.3 Å². The maximum absolute atomic E-state index is 5.79. The lowest BCUT2D eigenvalue weighted by Crippen LogP contribution is -2.48. The molecule has 0 amide bonds. The lowest BCUT2D eigenvalue weighted by molar-refractivity contribution is 0.0349. The molecule has 0 saturated carbocycles. The van der Waals surface area contributed by atoms with E-state index in [2.05, 4.69) is 33.0 Å². The molecule has 2 rings (SSSR count). The Bertz CT molecular complexity index is 201. The Morgan fingerprint density at radius 1 is 1.23 bits per heavy atom. The Labute approximate surface area is 84.8 Å². The fourth-order valence-corrected chi connectivity index (χ4v) is 3.93. The van der Waals surface area contributed by atoms with Crippen molar-refractivity contribution in [2.24, 2.45) is 0 Å². The molecule has 3 heteroatoms. The van der Waals surface area contributed by atoms with E-state index in [0.29, 0.717) is 0 Å². The molecule has 13 heavy (non-hydrogen) atoms. The average molecular weight is 201 g/mol. The van der Waals surface area contributed by atoms with Crippen LogP contribution in [0.15, 0.2) is 0 Å². The zero-order valence-corrected chi connectivity index (χ0v) is 9.75. The van der Waals surface area contributed by atoms with Gasteiger partial charge in [-0.2, -0.15) is 0 Å². The Morgan fingerprint density at radius 3 is 2.31 bits per heavy atom. The van der Waals surface area contributed by atoms with Gasteiger partial charge in [0.15, 0.2) is 0 Å². The summed E-state index contributed by atoms with van der Waals surface area (Å²) in [7, 11) is 0. The second-order valence-corrected chi connectivity index (χ2v) is 6.88. The lowest BCUT2D eigenvalue weighted by atomic mass is 10.00. The SMILES string of the molecule is CC1(C)CSC2(COC(C)(C)C2)N1. The molecular weight excluding hydrogens is 182 g/mol. The highest BCUT2D eigenvalue weighted by atomic mass is 32.2. The van der Waals surface area contributed by atoms with E-state index in [4.69, 9.17) is 4.74 Å². The molecule has 0 aromatic heterocycles. The van der Waals surface area contributed by atoms with Gasteiger partial charge in [-0.25, -0.2) is 0 Å². The highest BCUT2D eigenvalue weighted by Gasteiger charge is 2.51. The zero-order chi connectivity index (χ0) is 9.74. The lowest BCUT2D eigenvalue weighted by Gasteiger charge is -2.26. The van der Waals surface area contributed by atoms with Crippen LogP contribution in [0.25, 0.3) is 0 Å². The van der Waals surface area contributed by atoms with E-state index in [-0.39, 0.29) is 16.0 Å². The summed E-state index contributed by atoms with van der Waals surface area (Å²) in [5.74, 6) is 1.19. The van der Waals surface area contributed by atoms with Gasteiger partial charge in [0, 0.05) is 17.7 Å². The van der Waals surface area contributed by atoms with Gasteiger partial charge >= 0.3 is 0 Å². The summed E-state index contributed by atoms with van der Waals surface area (Å²) in [4.78, 5) is 0.201. The first-order chi connectivity index (χ1) is 5.83. The fourth-order valence-electron chi connectivity index (χ4n) is 2.28. The molecule has 1 N–H and O–H groups in total. The van der Waals surface area contributed by atoms with Crippen LogP contribution in [0.5, 0.6) is 0 Å². The second-order valence-electron chi connectivity index (χ2n) is 5.52.